The minimum absolute atomic E-state index is 0.305. The molecule has 4 heteroatoms. The van der Waals surface area contributed by atoms with Gasteiger partial charge in [0.2, 0.25) is 0 Å². The van der Waals surface area contributed by atoms with Gasteiger partial charge in [-0.2, -0.15) is 0 Å². The van der Waals surface area contributed by atoms with Crippen LogP contribution in [0.4, 0.5) is 0 Å². The highest BCUT2D eigenvalue weighted by Gasteiger charge is 1.99. The van der Waals surface area contributed by atoms with Crippen molar-refractivity contribution in [2.75, 3.05) is 0 Å². The Morgan fingerprint density at radius 2 is 2.07 bits per heavy atom. The number of carbonyl (C=O) groups is 1. The van der Waals surface area contributed by atoms with Crippen LogP contribution >= 0.6 is 0 Å². The minimum atomic E-state index is -1.18. The molecule has 4 nitrogen and oxygen atoms in total. The molecular weight excluding hydrogens is 182 g/mol. The van der Waals surface area contributed by atoms with Crippen LogP contribution in [0.25, 0.3) is 0 Å². The van der Waals surface area contributed by atoms with Gasteiger partial charge in [-0.25, -0.2) is 4.79 Å². The average molecular weight is 193 g/mol. The van der Waals surface area contributed by atoms with Gasteiger partial charge in [0.15, 0.2) is 5.70 Å². The Hall–Kier alpha value is -1.97. The third kappa shape index (κ3) is 3.18. The number of carboxylic acid groups (broad SMARTS) is 1. The molecule has 0 atom stereocenters. The van der Waals surface area contributed by atoms with Crippen LogP contribution < -0.4 is 5.73 Å². The van der Waals surface area contributed by atoms with Crippen LogP contribution in [0.15, 0.2) is 42.3 Å². The van der Waals surface area contributed by atoms with E-state index >= 15 is 0 Å². The number of hydrogen-bond donors (Lipinski definition) is 2. The van der Waals surface area contributed by atoms with E-state index in [1.54, 1.807) is 0 Å². The van der Waals surface area contributed by atoms with Gasteiger partial charge in [-0.05, 0) is 5.56 Å². The van der Waals surface area contributed by atoms with Crippen molar-refractivity contribution < 1.29 is 14.6 Å². The van der Waals surface area contributed by atoms with E-state index in [1.807, 2.05) is 30.3 Å². The van der Waals surface area contributed by atoms with Crippen LogP contribution in [0.1, 0.15) is 5.56 Å². The van der Waals surface area contributed by atoms with Crippen molar-refractivity contribution in [2.24, 2.45) is 5.73 Å². The van der Waals surface area contributed by atoms with Crippen molar-refractivity contribution in [1.29, 1.82) is 0 Å². The van der Waals surface area contributed by atoms with E-state index in [2.05, 4.69) is 0 Å². The molecule has 1 aromatic carbocycles. The summed E-state index contributed by atoms with van der Waals surface area (Å²) < 4.78 is 4.97. The molecule has 1 aromatic rings. The first-order valence-corrected chi connectivity index (χ1v) is 4.04. The van der Waals surface area contributed by atoms with Gasteiger partial charge in [0, 0.05) is 0 Å². The van der Waals surface area contributed by atoms with Gasteiger partial charge in [-0.15, -0.1) is 0 Å². The van der Waals surface area contributed by atoms with E-state index in [-0.39, 0.29) is 5.70 Å². The van der Waals surface area contributed by atoms with Crippen molar-refractivity contribution in [3.05, 3.63) is 47.9 Å². The number of ether oxygens (including phenoxy) is 1. The van der Waals surface area contributed by atoms with Crippen molar-refractivity contribution in [3.8, 4) is 0 Å². The molecule has 0 saturated heterocycles. The molecule has 0 spiro atoms. The third-order valence-corrected chi connectivity index (χ3v) is 1.55. The maximum atomic E-state index is 10.3. The quantitative estimate of drug-likeness (QED) is 0.554. The normalized spacial score (nSPS) is 11.0. The molecule has 1 rings (SSSR count). The Balaban J connectivity index is 2.43. The lowest BCUT2D eigenvalue weighted by atomic mass is 10.2. The number of carboxylic acids is 1. The molecule has 0 fully saturated rings. The molecular formula is C10H11NO3. The number of nitrogens with two attached hydrogens (primary N) is 1. The largest absolute Gasteiger partial charge is 0.494 e. The van der Waals surface area contributed by atoms with Crippen LogP contribution in [-0.2, 0) is 16.1 Å². The molecule has 3 N–H and O–H groups in total. The second-order valence-corrected chi connectivity index (χ2v) is 2.67. The van der Waals surface area contributed by atoms with Crippen LogP contribution in [0.3, 0.4) is 0 Å². The molecule has 0 unspecified atom stereocenters. The summed E-state index contributed by atoms with van der Waals surface area (Å²) in [6.45, 7) is 0.314. The predicted molar refractivity (Wildman–Crippen MR) is 51.1 cm³/mol. The molecule has 0 aliphatic heterocycles. The third-order valence-electron chi connectivity index (χ3n) is 1.55. The second kappa shape index (κ2) is 4.91. The molecule has 0 radical (unpaired) electrons. The first-order valence-electron chi connectivity index (χ1n) is 4.04. The maximum absolute atomic E-state index is 10.3. The molecule has 0 aromatic heterocycles. The fraction of sp³-hybridized carbons (Fsp3) is 0.100. The van der Waals surface area contributed by atoms with E-state index in [0.29, 0.717) is 6.61 Å². The fourth-order valence-corrected chi connectivity index (χ4v) is 0.852. The Bertz CT molecular complexity index is 332. The van der Waals surface area contributed by atoms with Crippen LogP contribution in [0.2, 0.25) is 0 Å². The zero-order valence-corrected chi connectivity index (χ0v) is 7.51. The molecule has 0 heterocycles. The highest BCUT2D eigenvalue weighted by atomic mass is 16.5. The number of hydrogen-bond acceptors (Lipinski definition) is 3. The lowest BCUT2D eigenvalue weighted by molar-refractivity contribution is -0.132. The summed E-state index contributed by atoms with van der Waals surface area (Å²) in [6.07, 6.45) is 1.04. The average Bonchev–Trinajstić information content (AvgIpc) is 2.19. The molecule has 0 saturated carbocycles. The van der Waals surface area contributed by atoms with Gasteiger partial charge in [-0.3, -0.25) is 0 Å². The highest BCUT2D eigenvalue weighted by molar-refractivity contribution is 5.84. The van der Waals surface area contributed by atoms with E-state index in [4.69, 9.17) is 15.6 Å². The Labute approximate surface area is 81.6 Å². The fourth-order valence-electron chi connectivity index (χ4n) is 0.852. The molecule has 0 amide bonds. The second-order valence-electron chi connectivity index (χ2n) is 2.67. The first kappa shape index (κ1) is 10.1. The predicted octanol–water partition coefficient (Wildman–Crippen LogP) is 1.09. The summed E-state index contributed by atoms with van der Waals surface area (Å²) in [5, 5.41) is 8.41. The Morgan fingerprint density at radius 1 is 1.43 bits per heavy atom. The SMILES string of the molecule is N/C(=C\OCc1ccccc1)C(=O)O. The molecule has 0 aliphatic carbocycles. The van der Waals surface area contributed by atoms with Crippen molar-refractivity contribution in [3.63, 3.8) is 0 Å². The van der Waals surface area contributed by atoms with Gasteiger partial charge < -0.3 is 15.6 Å². The van der Waals surface area contributed by atoms with Gasteiger partial charge in [0.25, 0.3) is 0 Å². The van der Waals surface area contributed by atoms with Gasteiger partial charge in [0.1, 0.15) is 12.9 Å². The first-order chi connectivity index (χ1) is 6.70. The van der Waals surface area contributed by atoms with Gasteiger partial charge in [0.05, 0.1) is 0 Å². The highest BCUT2D eigenvalue weighted by Crippen LogP contribution is 2.01. The maximum Gasteiger partial charge on any atom is 0.354 e. The van der Waals surface area contributed by atoms with Crippen molar-refractivity contribution in [1.82, 2.24) is 0 Å². The summed E-state index contributed by atoms with van der Waals surface area (Å²) in [5.41, 5.74) is 5.77. The number of benzene rings is 1. The van der Waals surface area contributed by atoms with Crippen molar-refractivity contribution in [2.45, 2.75) is 6.61 Å². The van der Waals surface area contributed by atoms with Crippen LogP contribution in [0, 0.1) is 0 Å². The topological polar surface area (TPSA) is 72.5 Å². The zero-order valence-electron chi connectivity index (χ0n) is 7.51. The zero-order chi connectivity index (χ0) is 10.4. The summed E-state index contributed by atoms with van der Waals surface area (Å²) in [7, 11) is 0. The van der Waals surface area contributed by atoms with E-state index in [0.717, 1.165) is 11.8 Å². The van der Waals surface area contributed by atoms with E-state index in [9.17, 15) is 4.79 Å². The minimum Gasteiger partial charge on any atom is -0.494 e. The van der Waals surface area contributed by atoms with Crippen LogP contribution in [-0.4, -0.2) is 11.1 Å². The van der Waals surface area contributed by atoms with Crippen LogP contribution in [0.5, 0.6) is 0 Å². The number of aliphatic carboxylic acids is 1. The molecule has 0 bridgehead atoms. The van der Waals surface area contributed by atoms with Crippen molar-refractivity contribution >= 4 is 5.97 Å². The smallest absolute Gasteiger partial charge is 0.354 e. The van der Waals surface area contributed by atoms with Gasteiger partial charge >= 0.3 is 5.97 Å². The monoisotopic (exact) mass is 193 g/mol. The summed E-state index contributed by atoms with van der Waals surface area (Å²) >= 11 is 0. The molecule has 0 aliphatic rings. The molecule has 74 valence electrons. The lowest BCUT2D eigenvalue weighted by Crippen LogP contribution is -2.10. The van der Waals surface area contributed by atoms with Gasteiger partial charge in [-0.1, -0.05) is 30.3 Å². The number of rotatable bonds is 4. The lowest BCUT2D eigenvalue weighted by Gasteiger charge is -2.00. The molecule has 14 heavy (non-hydrogen) atoms. The van der Waals surface area contributed by atoms with E-state index in [1.165, 1.54) is 0 Å². The summed E-state index contributed by atoms with van der Waals surface area (Å²) in [4.78, 5) is 10.3. The Kier molecular flexibility index (Phi) is 3.55. The van der Waals surface area contributed by atoms with E-state index < -0.39 is 5.97 Å². The Morgan fingerprint density at radius 3 is 2.64 bits per heavy atom. The standard InChI is InChI=1S/C10H11NO3/c11-9(10(12)13)7-14-6-8-4-2-1-3-5-8/h1-5,7H,6,11H2,(H,12,13)/b9-7-. The summed E-state index contributed by atoms with van der Waals surface area (Å²) in [5.74, 6) is -1.18. The summed E-state index contributed by atoms with van der Waals surface area (Å²) in [6, 6.07) is 9.41.